The van der Waals surface area contributed by atoms with Crippen LogP contribution in [0.2, 0.25) is 0 Å². The summed E-state index contributed by atoms with van der Waals surface area (Å²) in [6.45, 7) is 30.7. The molecule has 0 radical (unpaired) electrons. The second kappa shape index (κ2) is 48.7. The van der Waals surface area contributed by atoms with Crippen LogP contribution in [0.3, 0.4) is 0 Å². The molecule has 0 amide bonds. The maximum Gasteiger partial charge on any atom is 0.180 e. The molecule has 6 aromatic heterocycles. The molecule has 0 bridgehead atoms. The number of aliphatic imine (C=N–C) groups is 1. The van der Waals surface area contributed by atoms with Crippen LogP contribution in [-0.2, 0) is 14.2 Å². The van der Waals surface area contributed by atoms with E-state index in [9.17, 15) is 0 Å². The van der Waals surface area contributed by atoms with Crippen LogP contribution >= 0.6 is 34.9 Å². The van der Waals surface area contributed by atoms with Gasteiger partial charge in [-0.1, -0.05) is 20.8 Å². The fourth-order valence-corrected chi connectivity index (χ4v) is 9.34. The first-order valence-electron chi connectivity index (χ1n) is 27.0. The quantitative estimate of drug-likeness (QED) is 0.147. The second-order valence-corrected chi connectivity index (χ2v) is 22.4. The number of hydrogen-bond acceptors (Lipinski definition) is 16. The average Bonchev–Trinajstić information content (AvgIpc) is 4.26. The summed E-state index contributed by atoms with van der Waals surface area (Å²) < 4.78 is 15.1. The SMILES string of the molecule is CC1=NCCO1.CC1CCCN1.CC1CCCO1.CC1CCCS1.CC1CCOC1.CC1CCSC1.Cc1ccc[nH]1.Cc1ccncn1.Cc1ccnnc1.Cc1ccsc1.Cc1cnccn1.Cc1ncccn1. The Morgan fingerprint density at radius 2 is 1.45 bits per heavy atom. The van der Waals surface area contributed by atoms with Crippen molar-refractivity contribution in [2.45, 2.75) is 152 Å². The first-order chi connectivity index (χ1) is 36.7. The van der Waals surface area contributed by atoms with Gasteiger partial charge in [-0.05, 0) is 201 Å². The zero-order valence-corrected chi connectivity index (χ0v) is 50.7. The highest BCUT2D eigenvalue weighted by atomic mass is 32.2. The number of nitrogens with one attached hydrogen (secondary N) is 2. The minimum absolute atomic E-state index is 0.546. The van der Waals surface area contributed by atoms with Crippen molar-refractivity contribution in [2.24, 2.45) is 16.8 Å². The summed E-state index contributed by atoms with van der Waals surface area (Å²) in [6, 6.07) is 12.5. The predicted octanol–water partition coefficient (Wildman–Crippen LogP) is 13.6. The number of aromatic nitrogens is 9. The zero-order chi connectivity index (χ0) is 55.7. The Morgan fingerprint density at radius 1 is 0.632 bits per heavy atom. The van der Waals surface area contributed by atoms with Gasteiger partial charge in [0.15, 0.2) is 5.90 Å². The average molecular weight is 1100 g/mol. The van der Waals surface area contributed by atoms with Crippen LogP contribution in [0.15, 0.2) is 114 Å². The van der Waals surface area contributed by atoms with E-state index in [2.05, 4.69) is 137 Å². The molecule has 0 saturated carbocycles. The standard InChI is InChI=1S/4C5H6N2.C5H11N.C5H7N.2C5H10O.C5H10S.C5H6S.C5H10S.C4H7NO/c1-5-4-6-2-3-7-5;1-5-2-3-6-4-7-5;1-5-2-3-6-7-4-5;1-5-6-3-2-4-7-5;2*1-5-3-2-4-6-5;1-5-2-3-6-4-5;1-5-3-2-4-6-5;2*1-5-2-3-6-4-5;1-5-3-2-4-6-5;1-4-5-2-3-6-4/h4*2-4H,1H3;5-6H,2-4H2,1H3;2-4,6H,1H3;3*5H,2-4H2,1H3;2-4H,1H3;5H,2-4H2,1H3;2-3H2,1H3. The van der Waals surface area contributed by atoms with E-state index in [0.29, 0.717) is 6.10 Å². The molecule has 5 unspecified atom stereocenters. The van der Waals surface area contributed by atoms with Gasteiger partial charge in [-0.2, -0.15) is 45.1 Å². The van der Waals surface area contributed by atoms with Crippen LogP contribution < -0.4 is 5.32 Å². The third-order valence-electron chi connectivity index (χ3n) is 10.9. The zero-order valence-electron chi connectivity index (χ0n) is 48.3. The molecule has 0 spiro atoms. The van der Waals surface area contributed by atoms with Crippen molar-refractivity contribution in [1.82, 2.24) is 50.4 Å². The summed E-state index contributed by atoms with van der Waals surface area (Å²) >= 11 is 5.92. The minimum Gasteiger partial charge on any atom is -0.479 e. The Hall–Kier alpha value is -4.65. The fraction of sp³-hybridized carbons (Fsp3) is 0.576. The van der Waals surface area contributed by atoms with E-state index in [1.165, 1.54) is 92.8 Å². The highest BCUT2D eigenvalue weighted by Crippen LogP contribution is 2.24. The number of aryl methyl sites for hydroxylation is 6. The molecule has 6 aromatic rings. The number of aromatic amines is 1. The normalized spacial score (nSPS) is 19.8. The molecule has 6 aliphatic rings. The van der Waals surface area contributed by atoms with E-state index in [1.807, 2.05) is 72.0 Å². The summed E-state index contributed by atoms with van der Waals surface area (Å²) in [5.74, 6) is 7.69. The summed E-state index contributed by atoms with van der Waals surface area (Å²) in [7, 11) is 0. The molecule has 12 rings (SSSR count). The van der Waals surface area contributed by atoms with Gasteiger partial charge in [-0.15, -0.1) is 0 Å². The molecule has 2 N–H and O–H groups in total. The van der Waals surface area contributed by atoms with Crippen LogP contribution in [0.1, 0.15) is 127 Å². The lowest BCUT2D eigenvalue weighted by molar-refractivity contribution is 0.125. The van der Waals surface area contributed by atoms with Gasteiger partial charge in [0.05, 0.1) is 24.5 Å². The van der Waals surface area contributed by atoms with Gasteiger partial charge in [-0.3, -0.25) is 15.0 Å². The highest BCUT2D eigenvalue weighted by molar-refractivity contribution is 8.00. The van der Waals surface area contributed by atoms with E-state index in [1.54, 1.807) is 67.0 Å². The highest BCUT2D eigenvalue weighted by Gasteiger charge is 2.10. The number of ether oxygens (including phenoxy) is 3. The van der Waals surface area contributed by atoms with Crippen LogP contribution in [0.25, 0.3) is 0 Å². The summed E-state index contributed by atoms with van der Waals surface area (Å²) in [6.07, 6.45) is 28.5. The largest absolute Gasteiger partial charge is 0.479 e. The molecule has 5 fully saturated rings. The minimum atomic E-state index is 0.546. The Labute approximate surface area is 471 Å². The Bertz CT molecular complexity index is 1840. The van der Waals surface area contributed by atoms with Gasteiger partial charge >= 0.3 is 0 Å². The summed E-state index contributed by atoms with van der Waals surface area (Å²) in [5.41, 5.74) is 5.70. The van der Waals surface area contributed by atoms with Crippen molar-refractivity contribution in [3.05, 3.63) is 143 Å². The number of nitrogens with zero attached hydrogens (tertiary/aromatic N) is 9. The lowest BCUT2D eigenvalue weighted by Crippen LogP contribution is -2.16. The third kappa shape index (κ3) is 46.6. The molecule has 5 saturated heterocycles. The number of H-pyrrole nitrogens is 1. The molecule has 14 nitrogen and oxygen atoms in total. The molecule has 12 heterocycles. The number of rotatable bonds is 0. The molecular formula is C59H95N11O3S3. The predicted molar refractivity (Wildman–Crippen MR) is 324 cm³/mol. The summed E-state index contributed by atoms with van der Waals surface area (Å²) in [5, 5.41) is 15.7. The first kappa shape index (κ1) is 69.4. The first-order valence-corrected chi connectivity index (χ1v) is 30.1. The molecule has 0 aromatic carbocycles. The third-order valence-corrected chi connectivity index (χ3v) is 14.4. The summed E-state index contributed by atoms with van der Waals surface area (Å²) in [4.78, 5) is 30.0. The maximum absolute atomic E-state index is 5.15. The van der Waals surface area contributed by atoms with Gasteiger partial charge in [0.2, 0.25) is 0 Å². The van der Waals surface area contributed by atoms with Crippen molar-refractivity contribution >= 4 is 40.8 Å². The van der Waals surface area contributed by atoms with Crippen molar-refractivity contribution < 1.29 is 14.2 Å². The second-order valence-electron chi connectivity index (χ2n) is 18.9. The molecule has 0 aliphatic carbocycles. The fourth-order valence-electron chi connectivity index (χ4n) is 6.30. The lowest BCUT2D eigenvalue weighted by atomic mass is 10.2. The van der Waals surface area contributed by atoms with Crippen LogP contribution in [-0.4, -0.2) is 125 Å². The van der Waals surface area contributed by atoms with Gasteiger partial charge in [-0.25, -0.2) is 19.9 Å². The van der Waals surface area contributed by atoms with Gasteiger partial charge in [0.25, 0.3) is 0 Å². The molecule has 17 heteroatoms. The van der Waals surface area contributed by atoms with E-state index in [0.717, 1.165) is 84.8 Å². The molecule has 76 heavy (non-hydrogen) atoms. The van der Waals surface area contributed by atoms with Crippen molar-refractivity contribution in [1.29, 1.82) is 0 Å². The smallest absolute Gasteiger partial charge is 0.180 e. The van der Waals surface area contributed by atoms with Crippen molar-refractivity contribution in [2.75, 3.05) is 56.8 Å². The maximum atomic E-state index is 5.15. The monoisotopic (exact) mass is 1100 g/mol. The molecule has 422 valence electrons. The van der Waals surface area contributed by atoms with Crippen molar-refractivity contribution in [3.8, 4) is 0 Å². The van der Waals surface area contributed by atoms with Gasteiger partial charge in [0.1, 0.15) is 18.8 Å². The number of thioether (sulfide) groups is 2. The Kier molecular flexibility index (Phi) is 44.4. The van der Waals surface area contributed by atoms with Crippen LogP contribution in [0, 0.1) is 53.4 Å². The number of thiophene rings is 1. The van der Waals surface area contributed by atoms with Gasteiger partial charge < -0.3 is 24.5 Å². The number of hydrogen-bond donors (Lipinski definition) is 2. The van der Waals surface area contributed by atoms with E-state index < -0.39 is 0 Å². The van der Waals surface area contributed by atoms with E-state index in [-0.39, 0.29) is 0 Å². The molecule has 5 atom stereocenters. The van der Waals surface area contributed by atoms with Gasteiger partial charge in [0, 0.05) is 99.0 Å². The van der Waals surface area contributed by atoms with E-state index in [4.69, 9.17) is 14.2 Å². The van der Waals surface area contributed by atoms with Crippen molar-refractivity contribution in [3.63, 3.8) is 0 Å². The van der Waals surface area contributed by atoms with Crippen LogP contribution in [0.5, 0.6) is 0 Å². The Morgan fingerprint density at radius 3 is 1.66 bits per heavy atom. The molecular weight excluding hydrogens is 1010 g/mol. The van der Waals surface area contributed by atoms with Crippen LogP contribution in [0.4, 0.5) is 0 Å². The van der Waals surface area contributed by atoms with E-state index >= 15 is 0 Å². The topological polar surface area (TPSA) is 171 Å². The Balaban J connectivity index is 0.000000415. The lowest BCUT2D eigenvalue weighted by Gasteiger charge is -1.95. The molecule has 6 aliphatic heterocycles.